The maximum absolute atomic E-state index is 13.0. The average molecular weight is 411 g/mol. The number of benzene rings is 1. The first-order valence-corrected chi connectivity index (χ1v) is 9.35. The smallest absolute Gasteiger partial charge is 0.292 e. The van der Waals surface area contributed by atoms with Crippen LogP contribution in [0.25, 0.3) is 5.82 Å². The van der Waals surface area contributed by atoms with Crippen molar-refractivity contribution in [2.75, 3.05) is 32.0 Å². The minimum absolute atomic E-state index is 0.00460. The van der Waals surface area contributed by atoms with E-state index in [1.54, 1.807) is 6.21 Å². The van der Waals surface area contributed by atoms with E-state index in [0.717, 1.165) is 24.2 Å². The number of carbonyl (C=O) groups is 1. The number of nitrogen functional groups attached to an aromatic ring is 1. The highest BCUT2D eigenvalue weighted by molar-refractivity contribution is 5.95. The number of hydrogen-bond donors (Lipinski definition) is 2. The highest BCUT2D eigenvalue weighted by atomic mass is 16.6. The van der Waals surface area contributed by atoms with Gasteiger partial charge in [0.05, 0.1) is 19.4 Å². The summed E-state index contributed by atoms with van der Waals surface area (Å²) in [7, 11) is 0. The molecule has 0 atom stereocenters. The van der Waals surface area contributed by atoms with Gasteiger partial charge in [-0.2, -0.15) is 9.78 Å². The van der Waals surface area contributed by atoms with E-state index in [1.165, 1.54) is 4.68 Å². The van der Waals surface area contributed by atoms with E-state index in [0.29, 0.717) is 25.5 Å². The Morgan fingerprint density at radius 3 is 2.73 bits per heavy atom. The molecule has 2 aromatic heterocycles. The zero-order valence-corrected chi connectivity index (χ0v) is 16.4. The minimum atomic E-state index is -0.506. The molecular weight excluding hydrogens is 390 g/mol. The van der Waals surface area contributed by atoms with Gasteiger partial charge >= 0.3 is 0 Å². The molecule has 12 nitrogen and oxygen atoms in total. The molecule has 3 heterocycles. The van der Waals surface area contributed by atoms with Gasteiger partial charge in [-0.15, -0.1) is 5.10 Å². The third-order valence-electron chi connectivity index (χ3n) is 4.59. The molecule has 1 aromatic carbocycles. The first-order chi connectivity index (χ1) is 14.6. The van der Waals surface area contributed by atoms with Gasteiger partial charge in [0.1, 0.15) is 5.69 Å². The van der Waals surface area contributed by atoms with Crippen molar-refractivity contribution < 1.29 is 14.2 Å². The number of rotatable bonds is 6. The summed E-state index contributed by atoms with van der Waals surface area (Å²) in [6.45, 7) is 5.11. The molecule has 1 aliphatic rings. The zero-order valence-electron chi connectivity index (χ0n) is 16.4. The number of nitrogens with one attached hydrogen (secondary N) is 1. The summed E-state index contributed by atoms with van der Waals surface area (Å²) in [5, 5.41) is 19.5. The van der Waals surface area contributed by atoms with Gasteiger partial charge in [-0.05, 0) is 22.8 Å². The van der Waals surface area contributed by atoms with Crippen LogP contribution in [0.1, 0.15) is 27.3 Å². The van der Waals surface area contributed by atoms with E-state index in [-0.39, 0.29) is 17.3 Å². The van der Waals surface area contributed by atoms with Gasteiger partial charge < -0.3 is 10.5 Å². The number of nitrogens with zero attached hydrogens (tertiary/aromatic N) is 7. The summed E-state index contributed by atoms with van der Waals surface area (Å²) >= 11 is 0. The van der Waals surface area contributed by atoms with Crippen molar-refractivity contribution in [2.24, 2.45) is 5.10 Å². The summed E-state index contributed by atoms with van der Waals surface area (Å²) in [4.78, 5) is 15.1. The number of aromatic nitrogens is 5. The summed E-state index contributed by atoms with van der Waals surface area (Å²) in [5.74, 6) is -0.424. The normalized spacial score (nSPS) is 15.0. The fraction of sp³-hybridized carbons (Fsp3) is 0.333. The molecule has 1 fully saturated rings. The number of aryl methyl sites for hydroxylation is 1. The fourth-order valence-corrected chi connectivity index (χ4v) is 2.97. The number of hydrogen-bond acceptors (Lipinski definition) is 10. The average Bonchev–Trinajstić information content (AvgIpc) is 3.36. The van der Waals surface area contributed by atoms with Gasteiger partial charge in [0.15, 0.2) is 5.69 Å². The quantitative estimate of drug-likeness (QED) is 0.426. The van der Waals surface area contributed by atoms with Crippen molar-refractivity contribution in [1.29, 1.82) is 0 Å². The van der Waals surface area contributed by atoms with Crippen LogP contribution >= 0.6 is 0 Å². The lowest BCUT2D eigenvalue weighted by Crippen LogP contribution is -2.36. The molecule has 12 heteroatoms. The monoisotopic (exact) mass is 411 g/mol. The molecular formula is C18H21N9O3. The number of hydrazone groups is 1. The summed E-state index contributed by atoms with van der Waals surface area (Å²) < 4.78 is 11.2. The maximum Gasteiger partial charge on any atom is 0.292 e. The van der Waals surface area contributed by atoms with Crippen LogP contribution in [0, 0.1) is 6.92 Å². The second-order valence-corrected chi connectivity index (χ2v) is 6.77. The van der Waals surface area contributed by atoms with Gasteiger partial charge in [-0.3, -0.25) is 9.69 Å². The van der Waals surface area contributed by atoms with Crippen molar-refractivity contribution >= 4 is 17.9 Å². The molecule has 0 radical (unpaired) electrons. The number of anilines is 1. The molecule has 1 amide bonds. The van der Waals surface area contributed by atoms with Crippen molar-refractivity contribution in [1.82, 2.24) is 35.6 Å². The Morgan fingerprint density at radius 2 is 2.03 bits per heavy atom. The largest absolute Gasteiger partial charge is 0.379 e. The molecule has 0 unspecified atom stereocenters. The number of morpholine rings is 1. The SMILES string of the molecule is Cc1ccc(/C=N/NC(=O)c2c(CN3CCOCC3)nnn2-c2nonc2N)cc1. The van der Waals surface area contributed by atoms with E-state index < -0.39 is 5.91 Å². The van der Waals surface area contributed by atoms with Crippen LogP contribution in [0.3, 0.4) is 0 Å². The lowest BCUT2D eigenvalue weighted by Gasteiger charge is -2.25. The highest BCUT2D eigenvalue weighted by Gasteiger charge is 2.26. The van der Waals surface area contributed by atoms with Crippen LogP contribution < -0.4 is 11.2 Å². The first kappa shape index (κ1) is 19.7. The van der Waals surface area contributed by atoms with Gasteiger partial charge in [0.2, 0.25) is 11.6 Å². The van der Waals surface area contributed by atoms with Crippen molar-refractivity contribution in [3.63, 3.8) is 0 Å². The van der Waals surface area contributed by atoms with E-state index in [1.807, 2.05) is 31.2 Å². The zero-order chi connectivity index (χ0) is 20.9. The summed E-state index contributed by atoms with van der Waals surface area (Å²) in [6, 6.07) is 7.73. The van der Waals surface area contributed by atoms with Gasteiger partial charge in [0, 0.05) is 19.6 Å². The fourth-order valence-electron chi connectivity index (χ4n) is 2.97. The van der Waals surface area contributed by atoms with Crippen LogP contribution in [-0.2, 0) is 11.3 Å². The van der Waals surface area contributed by atoms with Crippen LogP contribution in [0.4, 0.5) is 5.82 Å². The Kier molecular flexibility index (Phi) is 5.77. The van der Waals surface area contributed by atoms with Crippen LogP contribution in [0.5, 0.6) is 0 Å². The van der Waals surface area contributed by atoms with Gasteiger partial charge in [-0.25, -0.2) is 10.1 Å². The number of carbonyl (C=O) groups excluding carboxylic acids is 1. The Bertz CT molecular complexity index is 1040. The molecule has 30 heavy (non-hydrogen) atoms. The van der Waals surface area contributed by atoms with Crippen molar-refractivity contribution in [2.45, 2.75) is 13.5 Å². The van der Waals surface area contributed by atoms with Gasteiger partial charge in [-0.1, -0.05) is 35.0 Å². The topological polar surface area (TPSA) is 150 Å². The number of nitrogens with two attached hydrogens (primary N) is 1. The lowest BCUT2D eigenvalue weighted by atomic mass is 10.2. The predicted molar refractivity (Wildman–Crippen MR) is 106 cm³/mol. The summed E-state index contributed by atoms with van der Waals surface area (Å²) in [5.41, 5.74) is 10.9. The van der Waals surface area contributed by atoms with Crippen molar-refractivity contribution in [3.8, 4) is 5.82 Å². The van der Waals surface area contributed by atoms with Gasteiger partial charge in [0.25, 0.3) is 5.91 Å². The van der Waals surface area contributed by atoms with E-state index >= 15 is 0 Å². The number of amides is 1. The minimum Gasteiger partial charge on any atom is -0.379 e. The molecule has 1 saturated heterocycles. The third kappa shape index (κ3) is 4.34. The molecule has 0 saturated carbocycles. The van der Waals surface area contributed by atoms with E-state index in [9.17, 15) is 4.79 Å². The molecule has 156 valence electrons. The standard InChI is InChI=1S/C18H21N9O3/c1-12-2-4-13(5-3-12)10-20-22-18(28)15-14(11-26-6-8-29-9-7-26)21-25-27(15)17-16(19)23-30-24-17/h2-5,10H,6-9,11H2,1H3,(H2,19,23)(H,22,28)/b20-10+. The van der Waals surface area contributed by atoms with Crippen LogP contribution in [0.2, 0.25) is 0 Å². The van der Waals surface area contributed by atoms with Crippen molar-refractivity contribution in [3.05, 3.63) is 46.8 Å². The predicted octanol–water partition coefficient (Wildman–Crippen LogP) is 0.137. The second-order valence-electron chi connectivity index (χ2n) is 6.77. The lowest BCUT2D eigenvalue weighted by molar-refractivity contribution is 0.0335. The highest BCUT2D eigenvalue weighted by Crippen LogP contribution is 2.17. The first-order valence-electron chi connectivity index (χ1n) is 9.35. The van der Waals surface area contributed by atoms with Crippen LogP contribution in [0.15, 0.2) is 34.0 Å². The molecule has 1 aliphatic heterocycles. The molecule has 3 aromatic rings. The summed E-state index contributed by atoms with van der Waals surface area (Å²) in [6.07, 6.45) is 1.55. The van der Waals surface area contributed by atoms with E-state index in [2.05, 4.69) is 40.7 Å². The third-order valence-corrected chi connectivity index (χ3v) is 4.59. The molecule has 4 rings (SSSR count). The molecule has 0 bridgehead atoms. The number of ether oxygens (including phenoxy) is 1. The molecule has 0 spiro atoms. The van der Waals surface area contributed by atoms with E-state index in [4.69, 9.17) is 10.5 Å². The second kappa shape index (κ2) is 8.80. The van der Waals surface area contributed by atoms with Crippen LogP contribution in [-0.4, -0.2) is 68.6 Å². The molecule has 3 N–H and O–H groups in total. The Labute approximate surface area is 171 Å². The molecule has 0 aliphatic carbocycles. The Hall–Kier alpha value is -3.64. The maximum atomic E-state index is 13.0. The Morgan fingerprint density at radius 1 is 1.27 bits per heavy atom. The Balaban J connectivity index is 1.58.